The van der Waals surface area contributed by atoms with E-state index in [1.54, 1.807) is 12.3 Å². The summed E-state index contributed by atoms with van der Waals surface area (Å²) in [6.45, 7) is 0.607. The van der Waals surface area contributed by atoms with Gasteiger partial charge in [-0.05, 0) is 23.8 Å². The number of benzene rings is 3. The second kappa shape index (κ2) is 7.98. The first-order valence-corrected chi connectivity index (χ1v) is 9.10. The van der Waals surface area contributed by atoms with E-state index < -0.39 is 17.6 Å². The molecule has 0 saturated carbocycles. The van der Waals surface area contributed by atoms with Crippen LogP contribution in [0.1, 0.15) is 26.3 Å². The first kappa shape index (κ1) is 18.4. The molecule has 144 valence electrons. The van der Waals surface area contributed by atoms with Crippen LogP contribution in [0.15, 0.2) is 85.1 Å². The van der Waals surface area contributed by atoms with E-state index in [4.69, 9.17) is 0 Å². The van der Waals surface area contributed by atoms with Crippen LogP contribution in [0.5, 0.6) is 0 Å². The Balaban J connectivity index is 1.56. The summed E-state index contributed by atoms with van der Waals surface area (Å²) in [5.74, 6) is -1.85. The zero-order valence-corrected chi connectivity index (χ0v) is 15.4. The molecule has 0 aliphatic carbocycles. The number of halogens is 1. The maximum absolute atomic E-state index is 13.7. The number of para-hydroxylation sites is 1. The van der Waals surface area contributed by atoms with Crippen LogP contribution in [-0.2, 0) is 6.54 Å². The van der Waals surface area contributed by atoms with Crippen molar-refractivity contribution in [3.8, 4) is 0 Å². The standard InChI is InChI=1S/C23H18FN3O2/c24-20-12-6-4-11-18(20)22(28)25-26-23(29)19-15-27(14-16-8-2-1-3-9-16)21-13-7-5-10-17(19)21/h1-13,15H,14H2,(H,25,28)(H,26,29). The Morgan fingerprint density at radius 3 is 2.14 bits per heavy atom. The second-order valence-corrected chi connectivity index (χ2v) is 6.56. The minimum Gasteiger partial charge on any atom is -0.342 e. The largest absolute Gasteiger partial charge is 0.342 e. The second-order valence-electron chi connectivity index (χ2n) is 6.56. The fraction of sp³-hybridized carbons (Fsp3) is 0.0435. The number of amides is 2. The summed E-state index contributed by atoms with van der Waals surface area (Å²) < 4.78 is 15.7. The Hall–Kier alpha value is -3.93. The van der Waals surface area contributed by atoms with Crippen molar-refractivity contribution in [2.75, 3.05) is 0 Å². The molecule has 1 heterocycles. The molecule has 29 heavy (non-hydrogen) atoms. The number of carbonyl (C=O) groups excluding carboxylic acids is 2. The number of hydrogen-bond acceptors (Lipinski definition) is 2. The van der Waals surface area contributed by atoms with Gasteiger partial charge in [0.15, 0.2) is 0 Å². The SMILES string of the molecule is O=C(NNC(=O)c1cn(Cc2ccccc2)c2ccccc12)c1ccccc1F. The van der Waals surface area contributed by atoms with Crippen molar-refractivity contribution in [2.45, 2.75) is 6.54 Å². The molecule has 0 spiro atoms. The van der Waals surface area contributed by atoms with Gasteiger partial charge in [0.25, 0.3) is 11.8 Å². The average Bonchev–Trinajstić information content (AvgIpc) is 3.11. The minimum atomic E-state index is -0.718. The van der Waals surface area contributed by atoms with Gasteiger partial charge in [0.2, 0.25) is 0 Å². The molecule has 0 radical (unpaired) electrons. The van der Waals surface area contributed by atoms with Gasteiger partial charge in [-0.2, -0.15) is 0 Å². The van der Waals surface area contributed by atoms with Crippen molar-refractivity contribution < 1.29 is 14.0 Å². The molecule has 0 fully saturated rings. The molecule has 2 N–H and O–H groups in total. The van der Waals surface area contributed by atoms with Gasteiger partial charge in [0, 0.05) is 23.6 Å². The van der Waals surface area contributed by atoms with Gasteiger partial charge in [-0.1, -0.05) is 60.7 Å². The van der Waals surface area contributed by atoms with Crippen molar-refractivity contribution in [2.24, 2.45) is 0 Å². The third-order valence-corrected chi connectivity index (χ3v) is 4.64. The van der Waals surface area contributed by atoms with E-state index in [0.717, 1.165) is 16.5 Å². The van der Waals surface area contributed by atoms with Crippen LogP contribution >= 0.6 is 0 Å². The molecular formula is C23H18FN3O2. The first-order valence-electron chi connectivity index (χ1n) is 9.10. The molecular weight excluding hydrogens is 369 g/mol. The van der Waals surface area contributed by atoms with E-state index in [2.05, 4.69) is 10.9 Å². The van der Waals surface area contributed by atoms with Crippen LogP contribution in [0.25, 0.3) is 10.9 Å². The molecule has 6 heteroatoms. The molecule has 1 aromatic heterocycles. The highest BCUT2D eigenvalue weighted by Gasteiger charge is 2.17. The summed E-state index contributed by atoms with van der Waals surface area (Å²) in [7, 11) is 0. The molecule has 0 bridgehead atoms. The van der Waals surface area contributed by atoms with Crippen molar-refractivity contribution in [1.82, 2.24) is 15.4 Å². The van der Waals surface area contributed by atoms with Gasteiger partial charge in [0.05, 0.1) is 11.1 Å². The smallest absolute Gasteiger partial charge is 0.272 e. The molecule has 0 atom stereocenters. The van der Waals surface area contributed by atoms with Crippen LogP contribution < -0.4 is 10.9 Å². The summed E-state index contributed by atoms with van der Waals surface area (Å²) in [5.41, 5.74) is 6.94. The zero-order chi connectivity index (χ0) is 20.2. The summed E-state index contributed by atoms with van der Waals surface area (Å²) in [5, 5.41) is 0.765. The molecule has 4 rings (SSSR count). The lowest BCUT2D eigenvalue weighted by Crippen LogP contribution is -2.41. The van der Waals surface area contributed by atoms with E-state index in [0.29, 0.717) is 12.1 Å². The number of fused-ring (bicyclic) bond motifs is 1. The highest BCUT2D eigenvalue weighted by atomic mass is 19.1. The molecule has 0 aliphatic heterocycles. The molecule has 2 amide bonds. The normalized spacial score (nSPS) is 10.7. The topological polar surface area (TPSA) is 63.1 Å². The zero-order valence-electron chi connectivity index (χ0n) is 15.4. The molecule has 3 aromatic carbocycles. The highest BCUT2D eigenvalue weighted by Crippen LogP contribution is 2.22. The van der Waals surface area contributed by atoms with Crippen LogP contribution in [0.3, 0.4) is 0 Å². The van der Waals surface area contributed by atoms with Crippen LogP contribution in [0.2, 0.25) is 0 Å². The third-order valence-electron chi connectivity index (χ3n) is 4.64. The molecule has 5 nitrogen and oxygen atoms in total. The summed E-state index contributed by atoms with van der Waals surface area (Å²) in [6, 6.07) is 23.0. The Morgan fingerprint density at radius 2 is 1.38 bits per heavy atom. The number of hydrogen-bond donors (Lipinski definition) is 2. The quantitative estimate of drug-likeness (QED) is 0.522. The Kier molecular flexibility index (Phi) is 5.07. The van der Waals surface area contributed by atoms with E-state index in [1.807, 2.05) is 59.2 Å². The molecule has 0 aliphatic rings. The number of rotatable bonds is 4. The molecule has 0 unspecified atom stereocenters. The average molecular weight is 387 g/mol. The monoisotopic (exact) mass is 387 g/mol. The van der Waals surface area contributed by atoms with Gasteiger partial charge < -0.3 is 4.57 Å². The first-order chi connectivity index (χ1) is 14.1. The number of nitrogens with one attached hydrogen (secondary N) is 2. The van der Waals surface area contributed by atoms with Crippen molar-refractivity contribution >= 4 is 22.7 Å². The van der Waals surface area contributed by atoms with Crippen LogP contribution in [0.4, 0.5) is 4.39 Å². The van der Waals surface area contributed by atoms with Crippen molar-refractivity contribution in [1.29, 1.82) is 0 Å². The third kappa shape index (κ3) is 3.87. The lowest BCUT2D eigenvalue weighted by molar-refractivity contribution is 0.0845. The number of hydrazine groups is 1. The van der Waals surface area contributed by atoms with Crippen molar-refractivity contribution in [3.05, 3.63) is 108 Å². The minimum absolute atomic E-state index is 0.140. The van der Waals surface area contributed by atoms with Gasteiger partial charge in [0.1, 0.15) is 5.82 Å². The Labute approximate surface area is 166 Å². The van der Waals surface area contributed by atoms with E-state index >= 15 is 0 Å². The summed E-state index contributed by atoms with van der Waals surface area (Å²) in [6.07, 6.45) is 1.75. The van der Waals surface area contributed by atoms with Gasteiger partial charge >= 0.3 is 0 Å². The predicted octanol–water partition coefficient (Wildman–Crippen LogP) is 3.90. The highest BCUT2D eigenvalue weighted by molar-refractivity contribution is 6.08. The fourth-order valence-corrected chi connectivity index (χ4v) is 3.23. The Bertz CT molecular complexity index is 1190. The molecule has 4 aromatic rings. The number of nitrogens with zero attached hydrogens (tertiary/aromatic N) is 1. The maximum Gasteiger partial charge on any atom is 0.272 e. The Morgan fingerprint density at radius 1 is 0.759 bits per heavy atom. The van der Waals surface area contributed by atoms with Crippen LogP contribution in [-0.4, -0.2) is 16.4 Å². The lowest BCUT2D eigenvalue weighted by Gasteiger charge is -2.07. The summed E-state index contributed by atoms with van der Waals surface area (Å²) in [4.78, 5) is 24.9. The number of aromatic nitrogens is 1. The van der Waals surface area contributed by atoms with Crippen molar-refractivity contribution in [3.63, 3.8) is 0 Å². The number of carbonyl (C=O) groups is 2. The predicted molar refractivity (Wildman–Crippen MR) is 109 cm³/mol. The van der Waals surface area contributed by atoms with E-state index in [1.165, 1.54) is 18.2 Å². The summed E-state index contributed by atoms with van der Waals surface area (Å²) >= 11 is 0. The lowest BCUT2D eigenvalue weighted by atomic mass is 10.1. The van der Waals surface area contributed by atoms with E-state index in [9.17, 15) is 14.0 Å². The molecule has 0 saturated heterocycles. The maximum atomic E-state index is 13.7. The van der Waals surface area contributed by atoms with E-state index in [-0.39, 0.29) is 5.56 Å². The van der Waals surface area contributed by atoms with Crippen LogP contribution in [0, 0.1) is 5.82 Å². The van der Waals surface area contributed by atoms with Gasteiger partial charge in [-0.25, -0.2) is 4.39 Å². The van der Waals surface area contributed by atoms with Gasteiger partial charge in [-0.3, -0.25) is 20.4 Å². The van der Waals surface area contributed by atoms with Gasteiger partial charge in [-0.15, -0.1) is 0 Å². The fourth-order valence-electron chi connectivity index (χ4n) is 3.23.